The molecule has 0 bridgehead atoms. The third kappa shape index (κ3) is 4.06. The van der Waals surface area contributed by atoms with Crippen LogP contribution in [0.1, 0.15) is 33.1 Å². The number of amides is 1. The van der Waals surface area contributed by atoms with Crippen molar-refractivity contribution in [2.75, 3.05) is 13.1 Å². The summed E-state index contributed by atoms with van der Waals surface area (Å²) >= 11 is 0. The molecular formula is C14H24N4O. The Hall–Kier alpha value is -1.36. The molecule has 19 heavy (non-hydrogen) atoms. The van der Waals surface area contributed by atoms with Gasteiger partial charge in [0.05, 0.1) is 0 Å². The number of carbonyl (C=O) groups excluding carboxylic acids is 1. The Morgan fingerprint density at radius 3 is 3.05 bits per heavy atom. The van der Waals surface area contributed by atoms with Gasteiger partial charge in [0, 0.05) is 31.0 Å². The molecule has 5 nitrogen and oxygen atoms in total. The normalized spacial score (nSPS) is 22.1. The topological polar surface area (TPSA) is 50.2 Å². The Kier molecular flexibility index (Phi) is 4.96. The molecule has 2 rings (SSSR count). The summed E-state index contributed by atoms with van der Waals surface area (Å²) in [6.07, 6.45) is 7.36. The SMILES string of the molecule is C[C@@H]1CCCCN1[C@H](C)CNC(=O)Cn1cccn1. The van der Waals surface area contributed by atoms with Gasteiger partial charge < -0.3 is 5.32 Å². The molecule has 1 aromatic rings. The first kappa shape index (κ1) is 14.1. The Balaban J connectivity index is 1.73. The maximum atomic E-state index is 11.8. The van der Waals surface area contributed by atoms with Crippen LogP contribution in [0.3, 0.4) is 0 Å². The van der Waals surface area contributed by atoms with Gasteiger partial charge in [-0.25, -0.2) is 0 Å². The number of hydrogen-bond donors (Lipinski definition) is 1. The first-order valence-corrected chi connectivity index (χ1v) is 7.16. The molecule has 1 amide bonds. The molecule has 1 N–H and O–H groups in total. The Labute approximate surface area is 115 Å². The standard InChI is InChI=1S/C14H24N4O/c1-12-6-3-4-9-18(12)13(2)10-15-14(19)11-17-8-5-7-16-17/h5,7-8,12-13H,3-4,6,9-11H2,1-2H3,(H,15,19)/t12-,13-/m1/s1. The van der Waals surface area contributed by atoms with Crippen LogP contribution in [0.5, 0.6) is 0 Å². The monoisotopic (exact) mass is 264 g/mol. The predicted octanol–water partition coefficient (Wildman–Crippen LogP) is 1.26. The van der Waals surface area contributed by atoms with Crippen LogP contribution in [-0.2, 0) is 11.3 Å². The molecule has 106 valence electrons. The number of carbonyl (C=O) groups is 1. The van der Waals surface area contributed by atoms with Crippen LogP contribution in [0, 0.1) is 0 Å². The van der Waals surface area contributed by atoms with Crippen LogP contribution in [0.25, 0.3) is 0 Å². The van der Waals surface area contributed by atoms with Crippen molar-refractivity contribution < 1.29 is 4.79 Å². The molecule has 0 saturated carbocycles. The van der Waals surface area contributed by atoms with Gasteiger partial charge in [-0.05, 0) is 39.3 Å². The number of aromatic nitrogens is 2. The number of piperidine rings is 1. The van der Waals surface area contributed by atoms with Crippen molar-refractivity contribution in [3.05, 3.63) is 18.5 Å². The van der Waals surface area contributed by atoms with E-state index in [-0.39, 0.29) is 5.91 Å². The largest absolute Gasteiger partial charge is 0.353 e. The first-order valence-electron chi connectivity index (χ1n) is 7.16. The summed E-state index contributed by atoms with van der Waals surface area (Å²) in [5.74, 6) is 0.0280. The molecule has 2 atom stereocenters. The fourth-order valence-electron chi connectivity index (χ4n) is 2.75. The second-order valence-electron chi connectivity index (χ2n) is 5.44. The third-order valence-electron chi connectivity index (χ3n) is 3.88. The molecular weight excluding hydrogens is 240 g/mol. The van der Waals surface area contributed by atoms with Gasteiger partial charge >= 0.3 is 0 Å². The summed E-state index contributed by atoms with van der Waals surface area (Å²) < 4.78 is 1.64. The number of nitrogens with zero attached hydrogens (tertiary/aromatic N) is 3. The van der Waals surface area contributed by atoms with E-state index in [1.165, 1.54) is 19.3 Å². The minimum Gasteiger partial charge on any atom is -0.353 e. The molecule has 1 aliphatic rings. The summed E-state index contributed by atoms with van der Waals surface area (Å²) in [5.41, 5.74) is 0. The summed E-state index contributed by atoms with van der Waals surface area (Å²) in [4.78, 5) is 14.3. The fraction of sp³-hybridized carbons (Fsp3) is 0.714. The van der Waals surface area contributed by atoms with Gasteiger partial charge in [0.15, 0.2) is 0 Å². The summed E-state index contributed by atoms with van der Waals surface area (Å²) in [6, 6.07) is 2.86. The molecule has 1 aromatic heterocycles. The van der Waals surface area contributed by atoms with Gasteiger partial charge in [0.25, 0.3) is 0 Å². The fourth-order valence-corrected chi connectivity index (χ4v) is 2.75. The van der Waals surface area contributed by atoms with Gasteiger partial charge in [-0.15, -0.1) is 0 Å². The Morgan fingerprint density at radius 2 is 2.37 bits per heavy atom. The molecule has 1 aliphatic heterocycles. The van der Waals surface area contributed by atoms with Crippen LogP contribution < -0.4 is 5.32 Å². The molecule has 0 aliphatic carbocycles. The summed E-state index contributed by atoms with van der Waals surface area (Å²) in [5, 5.41) is 7.03. The molecule has 5 heteroatoms. The van der Waals surface area contributed by atoms with E-state index >= 15 is 0 Å². The predicted molar refractivity (Wildman–Crippen MR) is 74.7 cm³/mol. The average molecular weight is 264 g/mol. The summed E-state index contributed by atoms with van der Waals surface area (Å²) in [6.45, 7) is 6.63. The minimum absolute atomic E-state index is 0.0280. The molecule has 0 radical (unpaired) electrons. The second-order valence-corrected chi connectivity index (χ2v) is 5.44. The second kappa shape index (κ2) is 6.70. The lowest BCUT2D eigenvalue weighted by molar-refractivity contribution is -0.122. The molecule has 2 heterocycles. The van der Waals surface area contributed by atoms with Crippen LogP contribution in [0.4, 0.5) is 0 Å². The average Bonchev–Trinajstić information content (AvgIpc) is 2.89. The third-order valence-corrected chi connectivity index (χ3v) is 3.88. The van der Waals surface area contributed by atoms with Crippen molar-refractivity contribution in [1.29, 1.82) is 0 Å². The van der Waals surface area contributed by atoms with Crippen LogP contribution in [0.15, 0.2) is 18.5 Å². The van der Waals surface area contributed by atoms with Crippen molar-refractivity contribution >= 4 is 5.91 Å². The Morgan fingerprint density at radius 1 is 1.53 bits per heavy atom. The zero-order chi connectivity index (χ0) is 13.7. The van der Waals surface area contributed by atoms with Gasteiger partial charge in [0.2, 0.25) is 5.91 Å². The van der Waals surface area contributed by atoms with Crippen molar-refractivity contribution in [3.63, 3.8) is 0 Å². The number of rotatable bonds is 5. The van der Waals surface area contributed by atoms with Crippen LogP contribution in [0.2, 0.25) is 0 Å². The van der Waals surface area contributed by atoms with Crippen molar-refractivity contribution in [1.82, 2.24) is 20.0 Å². The van der Waals surface area contributed by atoms with E-state index in [9.17, 15) is 4.79 Å². The van der Waals surface area contributed by atoms with Crippen molar-refractivity contribution in [2.24, 2.45) is 0 Å². The van der Waals surface area contributed by atoms with E-state index in [0.29, 0.717) is 25.2 Å². The zero-order valence-corrected chi connectivity index (χ0v) is 11.9. The van der Waals surface area contributed by atoms with Crippen molar-refractivity contribution in [3.8, 4) is 0 Å². The van der Waals surface area contributed by atoms with E-state index in [2.05, 4.69) is 29.2 Å². The van der Waals surface area contributed by atoms with E-state index in [4.69, 9.17) is 0 Å². The van der Waals surface area contributed by atoms with Gasteiger partial charge in [-0.3, -0.25) is 14.4 Å². The van der Waals surface area contributed by atoms with E-state index in [1.807, 2.05) is 6.07 Å². The number of nitrogens with one attached hydrogen (secondary N) is 1. The highest BCUT2D eigenvalue weighted by Crippen LogP contribution is 2.18. The lowest BCUT2D eigenvalue weighted by atomic mass is 10.0. The molecule has 0 unspecified atom stereocenters. The maximum absolute atomic E-state index is 11.8. The smallest absolute Gasteiger partial charge is 0.241 e. The first-order chi connectivity index (χ1) is 9.16. The molecule has 1 fully saturated rings. The summed E-state index contributed by atoms with van der Waals surface area (Å²) in [7, 11) is 0. The van der Waals surface area contributed by atoms with Gasteiger partial charge in [-0.1, -0.05) is 6.42 Å². The molecule has 0 aromatic carbocycles. The molecule has 1 saturated heterocycles. The highest BCUT2D eigenvalue weighted by molar-refractivity contribution is 5.75. The number of likely N-dealkylation sites (tertiary alicyclic amines) is 1. The van der Waals surface area contributed by atoms with Crippen LogP contribution >= 0.6 is 0 Å². The lowest BCUT2D eigenvalue weighted by Gasteiger charge is -2.38. The van der Waals surface area contributed by atoms with Crippen LogP contribution in [-0.4, -0.2) is 45.8 Å². The zero-order valence-electron chi connectivity index (χ0n) is 11.9. The van der Waals surface area contributed by atoms with E-state index in [1.54, 1.807) is 17.1 Å². The van der Waals surface area contributed by atoms with Gasteiger partial charge in [0.1, 0.15) is 6.54 Å². The highest BCUT2D eigenvalue weighted by atomic mass is 16.2. The van der Waals surface area contributed by atoms with Crippen molar-refractivity contribution in [2.45, 2.75) is 51.7 Å². The number of hydrogen-bond acceptors (Lipinski definition) is 3. The lowest BCUT2D eigenvalue weighted by Crippen LogP contribution is -2.48. The highest BCUT2D eigenvalue weighted by Gasteiger charge is 2.23. The van der Waals surface area contributed by atoms with E-state index in [0.717, 1.165) is 6.54 Å². The quantitative estimate of drug-likeness (QED) is 0.871. The maximum Gasteiger partial charge on any atom is 0.241 e. The van der Waals surface area contributed by atoms with E-state index < -0.39 is 0 Å². The molecule has 0 spiro atoms. The Bertz CT molecular complexity index is 390. The minimum atomic E-state index is 0.0280. The van der Waals surface area contributed by atoms with Gasteiger partial charge in [-0.2, -0.15) is 5.10 Å².